The van der Waals surface area contributed by atoms with Gasteiger partial charge >= 0.3 is 0 Å². The monoisotopic (exact) mass is 461 g/mol. The first-order valence-corrected chi connectivity index (χ1v) is 11.9. The number of hydrogen-bond acceptors (Lipinski definition) is 5. The molecule has 0 aliphatic heterocycles. The Morgan fingerprint density at radius 2 is 1.91 bits per heavy atom. The summed E-state index contributed by atoms with van der Waals surface area (Å²) in [6, 6.07) is 8.73. The van der Waals surface area contributed by atoms with Crippen LogP contribution in [-0.4, -0.2) is 26.4 Å². The second-order valence-corrected chi connectivity index (χ2v) is 8.63. The minimum absolute atomic E-state index is 0.00539. The second-order valence-electron chi connectivity index (χ2n) is 8.63. The lowest BCUT2D eigenvalue weighted by atomic mass is 10.1. The Morgan fingerprint density at radius 3 is 2.68 bits per heavy atom. The van der Waals surface area contributed by atoms with Gasteiger partial charge in [0.2, 0.25) is 0 Å². The normalized spacial score (nSPS) is 11.4. The minimum Gasteiger partial charge on any atom is -0.467 e. The average Bonchev–Trinajstić information content (AvgIpc) is 3.34. The summed E-state index contributed by atoms with van der Waals surface area (Å²) in [6.07, 6.45) is 9.97. The second kappa shape index (κ2) is 10.5. The van der Waals surface area contributed by atoms with Gasteiger partial charge in [0, 0.05) is 12.7 Å². The van der Waals surface area contributed by atoms with Crippen LogP contribution in [0.5, 0.6) is 0 Å². The molecule has 0 fully saturated rings. The quantitative estimate of drug-likeness (QED) is 0.273. The standard InChI is InChI=1S/C26H31N5O3/c1-3-4-5-6-7-8-13-28-25(32)20-16-21-24(31(22(20)27)17-19-12-10-15-34-19)29-23-18(2)11-9-14-30(23)26(21)33/h9-12,14-16,27H,3-8,13,17H2,1-2H3,(H,28,32). The number of carbonyl (C=O) groups is 1. The summed E-state index contributed by atoms with van der Waals surface area (Å²) in [5, 5.41) is 12.0. The topological polar surface area (TPSA) is 105 Å². The molecule has 2 N–H and O–H groups in total. The predicted molar refractivity (Wildman–Crippen MR) is 131 cm³/mol. The summed E-state index contributed by atoms with van der Waals surface area (Å²) in [5.74, 6) is 0.249. The van der Waals surface area contributed by atoms with Crippen molar-refractivity contribution in [1.29, 1.82) is 5.41 Å². The van der Waals surface area contributed by atoms with Crippen LogP contribution in [0.15, 0.2) is 52.0 Å². The van der Waals surface area contributed by atoms with Crippen molar-refractivity contribution < 1.29 is 9.21 Å². The largest absolute Gasteiger partial charge is 0.467 e. The Bertz CT molecular complexity index is 1420. The van der Waals surface area contributed by atoms with E-state index in [0.717, 1.165) is 24.8 Å². The molecule has 0 saturated carbocycles. The molecule has 0 bridgehead atoms. The van der Waals surface area contributed by atoms with Crippen LogP contribution in [-0.2, 0) is 6.54 Å². The van der Waals surface area contributed by atoms with Crippen LogP contribution in [0.4, 0.5) is 0 Å². The van der Waals surface area contributed by atoms with Gasteiger partial charge in [0.15, 0.2) is 0 Å². The first-order valence-electron chi connectivity index (χ1n) is 11.9. The third-order valence-corrected chi connectivity index (χ3v) is 6.09. The fraction of sp³-hybridized carbons (Fsp3) is 0.385. The molecule has 1 amide bonds. The van der Waals surface area contributed by atoms with E-state index in [1.54, 1.807) is 35.2 Å². The van der Waals surface area contributed by atoms with Crippen molar-refractivity contribution in [2.24, 2.45) is 0 Å². The molecule has 0 radical (unpaired) electrons. The molecule has 0 aliphatic rings. The van der Waals surface area contributed by atoms with E-state index in [1.807, 2.05) is 13.0 Å². The fourth-order valence-electron chi connectivity index (χ4n) is 4.18. The lowest BCUT2D eigenvalue weighted by Crippen LogP contribution is -2.35. The van der Waals surface area contributed by atoms with Crippen molar-refractivity contribution in [2.45, 2.75) is 58.9 Å². The molecule has 0 aliphatic carbocycles. The molecule has 4 rings (SSSR count). The third-order valence-electron chi connectivity index (χ3n) is 6.09. The maximum Gasteiger partial charge on any atom is 0.267 e. The number of nitrogens with zero attached hydrogens (tertiary/aromatic N) is 3. The summed E-state index contributed by atoms with van der Waals surface area (Å²) >= 11 is 0. The summed E-state index contributed by atoms with van der Waals surface area (Å²) in [7, 11) is 0. The first kappa shape index (κ1) is 23.5. The molecule has 4 heterocycles. The number of rotatable bonds is 10. The zero-order valence-corrected chi connectivity index (χ0v) is 19.8. The highest BCUT2D eigenvalue weighted by Gasteiger charge is 2.18. The number of furan rings is 1. The Hall–Kier alpha value is -3.68. The van der Waals surface area contributed by atoms with Crippen molar-refractivity contribution >= 4 is 22.6 Å². The predicted octanol–water partition coefficient (Wildman–Crippen LogP) is 4.17. The summed E-state index contributed by atoms with van der Waals surface area (Å²) in [5.41, 5.74) is 1.59. The number of fused-ring (bicyclic) bond motifs is 2. The molecular weight excluding hydrogens is 430 g/mol. The number of unbranched alkanes of at least 4 members (excludes halogenated alkanes) is 5. The highest BCUT2D eigenvalue weighted by atomic mass is 16.3. The van der Waals surface area contributed by atoms with Gasteiger partial charge < -0.3 is 14.3 Å². The van der Waals surface area contributed by atoms with Crippen LogP contribution in [0.1, 0.15) is 67.1 Å². The number of nitrogens with one attached hydrogen (secondary N) is 2. The Balaban J connectivity index is 1.72. The van der Waals surface area contributed by atoms with E-state index in [-0.39, 0.29) is 34.4 Å². The van der Waals surface area contributed by atoms with Gasteiger partial charge in [-0.1, -0.05) is 45.1 Å². The summed E-state index contributed by atoms with van der Waals surface area (Å²) in [6.45, 7) is 4.80. The van der Waals surface area contributed by atoms with E-state index in [0.29, 0.717) is 23.6 Å². The molecule has 8 nitrogen and oxygen atoms in total. The maximum absolute atomic E-state index is 13.4. The molecule has 4 aromatic heterocycles. The number of pyridine rings is 2. The van der Waals surface area contributed by atoms with Gasteiger partial charge in [0.25, 0.3) is 11.5 Å². The highest BCUT2D eigenvalue weighted by molar-refractivity contribution is 5.96. The Labute approximate surface area is 197 Å². The molecule has 0 spiro atoms. The van der Waals surface area contributed by atoms with Gasteiger partial charge in [-0.15, -0.1) is 0 Å². The Morgan fingerprint density at radius 1 is 1.12 bits per heavy atom. The van der Waals surface area contributed by atoms with Gasteiger partial charge in [-0.2, -0.15) is 0 Å². The number of aromatic nitrogens is 3. The molecular formula is C26H31N5O3. The lowest BCUT2D eigenvalue weighted by Gasteiger charge is -2.14. The van der Waals surface area contributed by atoms with Gasteiger partial charge in [0.05, 0.1) is 23.8 Å². The molecule has 178 valence electrons. The van der Waals surface area contributed by atoms with E-state index in [1.165, 1.54) is 29.7 Å². The zero-order valence-electron chi connectivity index (χ0n) is 19.8. The van der Waals surface area contributed by atoms with E-state index in [4.69, 9.17) is 14.8 Å². The minimum atomic E-state index is -0.359. The molecule has 0 atom stereocenters. The molecule has 34 heavy (non-hydrogen) atoms. The van der Waals surface area contributed by atoms with Crippen molar-refractivity contribution in [1.82, 2.24) is 19.3 Å². The highest BCUT2D eigenvalue weighted by Crippen LogP contribution is 2.14. The molecule has 0 unspecified atom stereocenters. The zero-order chi connectivity index (χ0) is 24.1. The van der Waals surface area contributed by atoms with Crippen molar-refractivity contribution in [2.75, 3.05) is 6.54 Å². The third kappa shape index (κ3) is 4.81. The fourth-order valence-corrected chi connectivity index (χ4v) is 4.18. The van der Waals surface area contributed by atoms with E-state index in [9.17, 15) is 9.59 Å². The van der Waals surface area contributed by atoms with E-state index in [2.05, 4.69) is 12.2 Å². The van der Waals surface area contributed by atoms with Gasteiger partial charge in [0.1, 0.15) is 22.5 Å². The van der Waals surface area contributed by atoms with Crippen molar-refractivity contribution in [3.8, 4) is 0 Å². The number of amides is 1. The number of carbonyl (C=O) groups excluding carboxylic acids is 1. The average molecular weight is 462 g/mol. The SMILES string of the molecule is CCCCCCCCNC(=O)c1cc2c(=O)n3cccc(C)c3nc2n(Cc2ccco2)c1=N. The van der Waals surface area contributed by atoms with Crippen LogP contribution >= 0.6 is 0 Å². The number of hydrogen-bond donors (Lipinski definition) is 2. The van der Waals surface area contributed by atoms with Crippen LogP contribution in [0.2, 0.25) is 0 Å². The van der Waals surface area contributed by atoms with Gasteiger partial charge in [-0.05, 0) is 43.2 Å². The molecule has 4 aromatic rings. The van der Waals surface area contributed by atoms with Crippen molar-refractivity contribution in [3.05, 3.63) is 75.5 Å². The van der Waals surface area contributed by atoms with Gasteiger partial charge in [-0.25, -0.2) is 4.98 Å². The summed E-state index contributed by atoms with van der Waals surface area (Å²) < 4.78 is 8.54. The first-order chi connectivity index (χ1) is 16.5. The molecule has 0 saturated heterocycles. The molecule has 8 heteroatoms. The Kier molecular flexibility index (Phi) is 7.25. The lowest BCUT2D eigenvalue weighted by molar-refractivity contribution is 0.0950. The van der Waals surface area contributed by atoms with Crippen LogP contribution in [0.3, 0.4) is 0 Å². The van der Waals surface area contributed by atoms with Gasteiger partial charge in [-0.3, -0.25) is 19.4 Å². The smallest absolute Gasteiger partial charge is 0.267 e. The molecule has 0 aromatic carbocycles. The maximum atomic E-state index is 13.4. The summed E-state index contributed by atoms with van der Waals surface area (Å²) in [4.78, 5) is 31.1. The van der Waals surface area contributed by atoms with Crippen LogP contribution in [0, 0.1) is 12.3 Å². The van der Waals surface area contributed by atoms with E-state index < -0.39 is 0 Å². The van der Waals surface area contributed by atoms with E-state index >= 15 is 0 Å². The van der Waals surface area contributed by atoms with Crippen molar-refractivity contribution in [3.63, 3.8) is 0 Å². The van der Waals surface area contributed by atoms with Crippen LogP contribution in [0.25, 0.3) is 16.7 Å². The van der Waals surface area contributed by atoms with Crippen LogP contribution < -0.4 is 16.4 Å². The number of aryl methyl sites for hydroxylation is 1.